The molecule has 0 radical (unpaired) electrons. The first-order chi connectivity index (χ1) is 8.75. The number of hydrogen-bond donors (Lipinski definition) is 0. The van der Waals surface area contributed by atoms with Crippen LogP contribution in [0.4, 0.5) is 11.4 Å². The van der Waals surface area contributed by atoms with E-state index in [-0.39, 0.29) is 0 Å². The molecule has 0 saturated heterocycles. The van der Waals surface area contributed by atoms with Crippen LogP contribution in [0.15, 0.2) is 48.5 Å². The molecule has 1 aliphatic rings. The molecule has 2 aromatic rings. The van der Waals surface area contributed by atoms with Gasteiger partial charge in [-0.25, -0.2) is 0 Å². The Bertz CT molecular complexity index is 619. The average molecular weight is 258 g/mol. The molecule has 0 saturated carbocycles. The second kappa shape index (κ2) is 4.46. The van der Waals surface area contributed by atoms with Crippen molar-refractivity contribution in [2.75, 3.05) is 18.6 Å². The molecule has 18 heavy (non-hydrogen) atoms. The maximum Gasteiger partial charge on any atom is 0.225 e. The molecule has 0 aliphatic carbocycles. The monoisotopic (exact) mass is 257 g/mol. The van der Waals surface area contributed by atoms with Crippen molar-refractivity contribution in [2.24, 2.45) is 0 Å². The third-order valence-corrected chi connectivity index (χ3v) is 3.49. The van der Waals surface area contributed by atoms with Gasteiger partial charge in [0.15, 0.2) is 6.21 Å². The quantitative estimate of drug-likeness (QED) is 0.709. The summed E-state index contributed by atoms with van der Waals surface area (Å²) >= 11 is 6.25. The molecule has 3 rings (SSSR count). The van der Waals surface area contributed by atoms with E-state index in [0.29, 0.717) is 0 Å². The molecule has 0 atom stereocenters. The maximum absolute atomic E-state index is 6.25. The summed E-state index contributed by atoms with van der Waals surface area (Å²) in [7, 11) is 2.09. The van der Waals surface area contributed by atoms with Gasteiger partial charge in [-0.2, -0.15) is 4.58 Å². The summed E-state index contributed by atoms with van der Waals surface area (Å²) < 4.78 is 2.17. The van der Waals surface area contributed by atoms with Crippen molar-refractivity contribution < 1.29 is 4.58 Å². The Labute approximate surface area is 112 Å². The number of fused-ring (bicyclic) bond motifs is 1. The van der Waals surface area contributed by atoms with E-state index in [1.165, 1.54) is 11.3 Å². The zero-order chi connectivity index (χ0) is 12.5. The van der Waals surface area contributed by atoms with E-state index in [9.17, 15) is 0 Å². The van der Waals surface area contributed by atoms with Gasteiger partial charge >= 0.3 is 0 Å². The lowest BCUT2D eigenvalue weighted by Gasteiger charge is -2.23. The van der Waals surface area contributed by atoms with Crippen LogP contribution >= 0.6 is 11.6 Å². The fraction of sp³-hybridized carbons (Fsp3) is 0.133. The molecule has 0 spiro atoms. The molecule has 0 bridgehead atoms. The van der Waals surface area contributed by atoms with Crippen LogP contribution in [-0.2, 0) is 0 Å². The van der Waals surface area contributed by atoms with Crippen LogP contribution in [0.5, 0.6) is 0 Å². The van der Waals surface area contributed by atoms with Crippen molar-refractivity contribution in [2.45, 2.75) is 0 Å². The van der Waals surface area contributed by atoms with Gasteiger partial charge in [0, 0.05) is 13.1 Å². The van der Waals surface area contributed by atoms with Crippen LogP contribution in [0, 0.1) is 0 Å². The van der Waals surface area contributed by atoms with Gasteiger partial charge in [-0.1, -0.05) is 35.9 Å². The van der Waals surface area contributed by atoms with Crippen LogP contribution in [0.2, 0.25) is 5.02 Å². The van der Waals surface area contributed by atoms with Crippen LogP contribution in [-0.4, -0.2) is 24.5 Å². The SMILES string of the molecule is CN1C[N+](c2ccccc2Cl)=Cc2ccccc21. The first-order valence-electron chi connectivity index (χ1n) is 5.92. The summed E-state index contributed by atoms with van der Waals surface area (Å²) in [5, 5.41) is 0.779. The minimum absolute atomic E-state index is 0.779. The Balaban J connectivity index is 2.11. The number of para-hydroxylation sites is 2. The van der Waals surface area contributed by atoms with E-state index in [1.807, 2.05) is 24.3 Å². The van der Waals surface area contributed by atoms with Crippen molar-refractivity contribution in [3.05, 3.63) is 59.1 Å². The third kappa shape index (κ3) is 1.89. The average Bonchev–Trinajstić information content (AvgIpc) is 2.39. The minimum Gasteiger partial charge on any atom is -0.319 e. The highest BCUT2D eigenvalue weighted by molar-refractivity contribution is 6.32. The molecule has 0 N–H and O–H groups in total. The van der Waals surface area contributed by atoms with Gasteiger partial charge in [-0.3, -0.25) is 0 Å². The van der Waals surface area contributed by atoms with E-state index < -0.39 is 0 Å². The van der Waals surface area contributed by atoms with Gasteiger partial charge in [-0.15, -0.1) is 0 Å². The lowest BCUT2D eigenvalue weighted by Crippen LogP contribution is -2.32. The molecule has 2 aromatic carbocycles. The highest BCUT2D eigenvalue weighted by Gasteiger charge is 2.22. The molecular weight excluding hydrogens is 244 g/mol. The summed E-state index contributed by atoms with van der Waals surface area (Å²) in [5.74, 6) is 0. The molecule has 1 heterocycles. The second-order valence-corrected chi connectivity index (χ2v) is 4.86. The fourth-order valence-electron chi connectivity index (χ4n) is 2.29. The van der Waals surface area contributed by atoms with Crippen molar-refractivity contribution in [3.63, 3.8) is 0 Å². The zero-order valence-corrected chi connectivity index (χ0v) is 10.9. The maximum atomic E-state index is 6.25. The van der Waals surface area contributed by atoms with Crippen LogP contribution in [0.1, 0.15) is 5.56 Å². The Kier molecular flexibility index (Phi) is 2.80. The normalized spacial score (nSPS) is 14.1. The van der Waals surface area contributed by atoms with Crippen LogP contribution in [0.3, 0.4) is 0 Å². The molecule has 0 unspecified atom stereocenters. The summed E-state index contributed by atoms with van der Waals surface area (Å²) in [6.45, 7) is 0.806. The molecule has 90 valence electrons. The molecule has 1 aliphatic heterocycles. The first kappa shape index (κ1) is 11.3. The van der Waals surface area contributed by atoms with E-state index in [4.69, 9.17) is 11.6 Å². The second-order valence-electron chi connectivity index (χ2n) is 4.45. The lowest BCUT2D eigenvalue weighted by molar-refractivity contribution is -0.435. The topological polar surface area (TPSA) is 6.25 Å². The van der Waals surface area contributed by atoms with Gasteiger partial charge in [0.2, 0.25) is 12.4 Å². The highest BCUT2D eigenvalue weighted by Crippen LogP contribution is 2.28. The summed E-state index contributed by atoms with van der Waals surface area (Å²) in [4.78, 5) is 2.22. The predicted octanol–water partition coefficient (Wildman–Crippen LogP) is 3.51. The Morgan fingerprint density at radius 2 is 1.78 bits per heavy atom. The predicted molar refractivity (Wildman–Crippen MR) is 76.3 cm³/mol. The third-order valence-electron chi connectivity index (χ3n) is 3.17. The fourth-order valence-corrected chi connectivity index (χ4v) is 2.53. The number of nitrogens with zero attached hydrogens (tertiary/aromatic N) is 2. The van der Waals surface area contributed by atoms with E-state index in [0.717, 1.165) is 17.4 Å². The van der Waals surface area contributed by atoms with Crippen molar-refractivity contribution in [1.82, 2.24) is 0 Å². The molecule has 0 aromatic heterocycles. The standard InChI is InChI=1S/C15H14ClN2/c1-17-11-18(15-9-5-3-7-13(15)16)10-12-6-2-4-8-14(12)17/h2-10H,11H2,1H3/q+1. The smallest absolute Gasteiger partial charge is 0.225 e. The molecule has 3 heteroatoms. The molecule has 0 amide bonds. The van der Waals surface area contributed by atoms with Gasteiger partial charge in [0.25, 0.3) is 0 Å². The van der Waals surface area contributed by atoms with Gasteiger partial charge in [-0.05, 0) is 18.2 Å². The summed E-state index contributed by atoms with van der Waals surface area (Å²) in [5.41, 5.74) is 3.51. The van der Waals surface area contributed by atoms with E-state index >= 15 is 0 Å². The number of rotatable bonds is 1. The van der Waals surface area contributed by atoms with Gasteiger partial charge in [0.1, 0.15) is 5.02 Å². The number of benzene rings is 2. The van der Waals surface area contributed by atoms with Crippen molar-refractivity contribution >= 4 is 29.2 Å². The Morgan fingerprint density at radius 1 is 1.06 bits per heavy atom. The summed E-state index contributed by atoms with van der Waals surface area (Å²) in [6, 6.07) is 16.3. The highest BCUT2D eigenvalue weighted by atomic mass is 35.5. The van der Waals surface area contributed by atoms with E-state index in [1.54, 1.807) is 0 Å². The van der Waals surface area contributed by atoms with Crippen LogP contribution < -0.4 is 4.90 Å². The number of anilines is 1. The number of halogens is 1. The van der Waals surface area contributed by atoms with Crippen molar-refractivity contribution in [1.29, 1.82) is 0 Å². The van der Waals surface area contributed by atoms with E-state index in [2.05, 4.69) is 47.0 Å². The number of hydrogen-bond acceptors (Lipinski definition) is 1. The Morgan fingerprint density at radius 3 is 2.61 bits per heavy atom. The minimum atomic E-state index is 0.779. The lowest BCUT2D eigenvalue weighted by atomic mass is 10.1. The van der Waals surface area contributed by atoms with Gasteiger partial charge < -0.3 is 4.90 Å². The van der Waals surface area contributed by atoms with Gasteiger partial charge in [0.05, 0.1) is 11.3 Å². The molecule has 2 nitrogen and oxygen atoms in total. The zero-order valence-electron chi connectivity index (χ0n) is 10.2. The van der Waals surface area contributed by atoms with Crippen LogP contribution in [0.25, 0.3) is 0 Å². The largest absolute Gasteiger partial charge is 0.319 e. The molecular formula is C15H14ClN2+. The first-order valence-corrected chi connectivity index (χ1v) is 6.30. The summed E-state index contributed by atoms with van der Waals surface area (Å²) in [6.07, 6.45) is 2.15. The Hall–Kier alpha value is -1.80. The van der Waals surface area contributed by atoms with Crippen molar-refractivity contribution in [3.8, 4) is 0 Å². The molecule has 0 fully saturated rings.